The van der Waals surface area contributed by atoms with Crippen LogP contribution in [-0.4, -0.2) is 128 Å². The van der Waals surface area contributed by atoms with Crippen LogP contribution < -0.4 is 16.4 Å². The molecule has 57 heavy (non-hydrogen) atoms. The molecule has 1 aliphatic rings. The molecule has 316 valence electrons. The maximum Gasteiger partial charge on any atom is 0.481 e. The molecular formula is C28H40N7O18P3S. The van der Waals surface area contributed by atoms with Crippen molar-refractivity contribution in [3.63, 3.8) is 0 Å². The molecule has 2 amide bonds. The van der Waals surface area contributed by atoms with Gasteiger partial charge in [0.15, 0.2) is 17.7 Å². The quantitative estimate of drug-likeness (QED) is 0.0513. The third-order valence-corrected chi connectivity index (χ3v) is 11.8. The number of phenolic OH excluding ortho intramolecular Hbond substituents is 1. The lowest BCUT2D eigenvalue weighted by Crippen LogP contribution is -2.46. The van der Waals surface area contributed by atoms with Gasteiger partial charge in [-0.25, -0.2) is 28.6 Å². The average molecular weight is 888 g/mol. The number of carbonyl (C=O) groups excluding carboxylic acids is 3. The minimum atomic E-state index is -5.58. The molecule has 3 heterocycles. The third kappa shape index (κ3) is 13.3. The number of amides is 2. The molecule has 0 aliphatic carbocycles. The zero-order chi connectivity index (χ0) is 42.3. The molecule has 0 radical (unpaired) electrons. The Hall–Kier alpha value is -3.42. The molecule has 2 aromatic heterocycles. The van der Waals surface area contributed by atoms with Gasteiger partial charge in [0.1, 0.15) is 42.0 Å². The number of nitrogen functional groups attached to an aromatic ring is 1. The van der Waals surface area contributed by atoms with Gasteiger partial charge < -0.3 is 56.0 Å². The molecular weight excluding hydrogens is 847 g/mol. The molecule has 0 bridgehead atoms. The molecule has 1 aliphatic heterocycles. The number of aromatic nitrogens is 4. The fourth-order valence-corrected chi connectivity index (χ4v) is 8.50. The van der Waals surface area contributed by atoms with E-state index in [0.717, 1.165) is 29.0 Å². The Bertz CT molecular complexity index is 2070. The van der Waals surface area contributed by atoms with Crippen LogP contribution >= 0.6 is 35.2 Å². The predicted octanol–water partition coefficient (Wildman–Crippen LogP) is -0.316. The second kappa shape index (κ2) is 19.1. The van der Waals surface area contributed by atoms with Crippen LogP contribution in [0, 0.1) is 5.41 Å². The summed E-state index contributed by atoms with van der Waals surface area (Å²) in [6.45, 7) is 0.309. The number of nitrogens with one attached hydrogen (secondary N) is 2. The van der Waals surface area contributed by atoms with Crippen molar-refractivity contribution < 1.29 is 85.6 Å². The molecule has 25 nitrogen and oxygen atoms in total. The number of hydrogen-bond donors (Lipinski definition) is 10. The first kappa shape index (κ1) is 46.3. The number of nitrogens with zero attached hydrogens (tertiary/aromatic N) is 4. The highest BCUT2D eigenvalue weighted by molar-refractivity contribution is 8.14. The van der Waals surface area contributed by atoms with Gasteiger partial charge in [-0.15, -0.1) is 0 Å². The molecule has 1 fully saturated rings. The normalized spacial score (nSPS) is 21.4. The molecule has 29 heteroatoms. The molecule has 7 atom stereocenters. The number of thioether (sulfide) groups is 1. The molecule has 0 spiro atoms. The Morgan fingerprint density at radius 3 is 2.44 bits per heavy atom. The number of nitrogens with two attached hydrogens (primary N) is 1. The zero-order valence-corrected chi connectivity index (χ0v) is 33.3. The van der Waals surface area contributed by atoms with Crippen molar-refractivity contribution in [3.05, 3.63) is 42.5 Å². The zero-order valence-electron chi connectivity index (χ0n) is 29.8. The van der Waals surface area contributed by atoms with Crippen LogP contribution in [0.5, 0.6) is 5.75 Å². The van der Waals surface area contributed by atoms with E-state index in [1.54, 1.807) is 0 Å². The fourth-order valence-electron chi connectivity index (χ4n) is 4.99. The van der Waals surface area contributed by atoms with Gasteiger partial charge in [-0.3, -0.25) is 32.5 Å². The van der Waals surface area contributed by atoms with Crippen LogP contribution in [0.25, 0.3) is 11.2 Å². The van der Waals surface area contributed by atoms with Crippen LogP contribution in [0.1, 0.15) is 36.9 Å². The van der Waals surface area contributed by atoms with Gasteiger partial charge in [0.25, 0.3) is 0 Å². The van der Waals surface area contributed by atoms with Gasteiger partial charge in [-0.2, -0.15) is 4.31 Å². The van der Waals surface area contributed by atoms with Crippen molar-refractivity contribution in [1.29, 1.82) is 0 Å². The lowest BCUT2D eigenvalue weighted by atomic mass is 9.87. The van der Waals surface area contributed by atoms with Crippen molar-refractivity contribution in [2.24, 2.45) is 5.41 Å². The summed E-state index contributed by atoms with van der Waals surface area (Å²) in [4.78, 5) is 87.8. The van der Waals surface area contributed by atoms with Gasteiger partial charge in [0.2, 0.25) is 16.9 Å². The van der Waals surface area contributed by atoms with Crippen LogP contribution in [0.3, 0.4) is 0 Å². The Balaban J connectivity index is 1.23. The van der Waals surface area contributed by atoms with Gasteiger partial charge in [-0.1, -0.05) is 37.7 Å². The topological polar surface area (TPSA) is 384 Å². The van der Waals surface area contributed by atoms with Crippen LogP contribution in [0.2, 0.25) is 0 Å². The number of phosphoric acid groups is 3. The number of phosphoric ester groups is 3. The molecule has 11 N–H and O–H groups in total. The number of fused-ring (bicyclic) bond motifs is 1. The minimum absolute atomic E-state index is 0.0241. The lowest BCUT2D eigenvalue weighted by molar-refractivity contribution is -0.137. The van der Waals surface area contributed by atoms with E-state index in [4.69, 9.17) is 19.5 Å². The van der Waals surface area contributed by atoms with Crippen LogP contribution in [0.4, 0.5) is 5.82 Å². The van der Waals surface area contributed by atoms with E-state index >= 15 is 0 Å². The standard InChI is InChI=1S/C28H40N7O18P3S/c1-28(2,22(39)25(40)31-7-6-18(37)30-8-9-57-27(41)15-4-3-5-16(36)10-15)12-50-56(47,48)53-55(45,46)49-11-17-21(52-54(42,43)44)20(38)26(51-17)35-14-34-19-23(29)32-13-33-24(19)35/h3-5,10,13-14,17,20-22,26,36,38-39H,6-9,11-12H2,1-2H3,(H,30,37)(H,31,40)(H,45,46)(H,47,48)(H2,29,32,33)(H2,42,43,44). The summed E-state index contributed by atoms with van der Waals surface area (Å²) in [6.07, 6.45) is -7.03. The number of carbonyl (C=O) groups is 3. The van der Waals surface area contributed by atoms with E-state index in [1.165, 1.54) is 38.1 Å². The van der Waals surface area contributed by atoms with E-state index in [9.17, 15) is 63.0 Å². The number of aliphatic hydroxyl groups is 2. The number of aliphatic hydroxyl groups excluding tert-OH is 2. The van der Waals surface area contributed by atoms with E-state index in [-0.39, 0.29) is 53.1 Å². The number of anilines is 1. The van der Waals surface area contributed by atoms with Crippen molar-refractivity contribution >= 4 is 69.1 Å². The summed E-state index contributed by atoms with van der Waals surface area (Å²) in [5.74, 6) is -1.38. The summed E-state index contributed by atoms with van der Waals surface area (Å²) < 4.78 is 62.1. The Kier molecular flexibility index (Phi) is 15.5. The second-order valence-corrected chi connectivity index (χ2v) is 18.1. The smallest absolute Gasteiger partial charge is 0.481 e. The van der Waals surface area contributed by atoms with Crippen molar-refractivity contribution in [1.82, 2.24) is 30.2 Å². The fraction of sp³-hybridized carbons (Fsp3) is 0.500. The molecule has 4 rings (SSSR count). The first-order chi connectivity index (χ1) is 26.5. The van der Waals surface area contributed by atoms with E-state index in [2.05, 4.69) is 34.4 Å². The van der Waals surface area contributed by atoms with Crippen LogP contribution in [0.15, 0.2) is 36.9 Å². The average Bonchev–Trinajstić information content (AvgIpc) is 3.68. The number of benzene rings is 1. The number of aromatic hydroxyl groups is 1. The Morgan fingerprint density at radius 1 is 1.05 bits per heavy atom. The molecule has 1 aromatic carbocycles. The van der Waals surface area contributed by atoms with Crippen molar-refractivity contribution in [3.8, 4) is 5.75 Å². The third-order valence-electron chi connectivity index (χ3n) is 7.82. The molecule has 3 aromatic rings. The van der Waals surface area contributed by atoms with Gasteiger partial charge in [0, 0.05) is 36.2 Å². The minimum Gasteiger partial charge on any atom is -0.508 e. The second-order valence-electron chi connectivity index (χ2n) is 12.8. The first-order valence-corrected chi connectivity index (χ1v) is 21.8. The summed E-state index contributed by atoms with van der Waals surface area (Å²) in [6, 6.07) is 5.77. The summed E-state index contributed by atoms with van der Waals surface area (Å²) in [5, 5.41) is 35.5. The van der Waals surface area contributed by atoms with Crippen molar-refractivity contribution in [2.75, 3.05) is 37.8 Å². The highest BCUT2D eigenvalue weighted by Crippen LogP contribution is 2.61. The van der Waals surface area contributed by atoms with Crippen LogP contribution in [-0.2, 0) is 45.9 Å². The van der Waals surface area contributed by atoms with Gasteiger partial charge in [-0.05, 0) is 12.1 Å². The number of hydrogen-bond acceptors (Lipinski definition) is 19. The van der Waals surface area contributed by atoms with E-state index in [1.807, 2.05) is 0 Å². The molecule has 0 saturated carbocycles. The summed E-state index contributed by atoms with van der Waals surface area (Å²) in [7, 11) is -16.4. The van der Waals surface area contributed by atoms with E-state index in [0.29, 0.717) is 5.56 Å². The van der Waals surface area contributed by atoms with Crippen molar-refractivity contribution in [2.45, 2.75) is 50.9 Å². The Labute approximate surface area is 326 Å². The molecule has 7 unspecified atom stereocenters. The summed E-state index contributed by atoms with van der Waals surface area (Å²) >= 11 is 0.921. The number of imidazole rings is 1. The SMILES string of the molecule is CC(C)(COP(=O)(O)OP(=O)(O)OCC1OC(n2cnc3c(N)ncnc32)C(O)C1OP(=O)(O)O)C(O)C(=O)NCCC(=O)NCCSC(=O)c1cccc(O)c1. The summed E-state index contributed by atoms with van der Waals surface area (Å²) in [5.41, 5.74) is 4.51. The largest absolute Gasteiger partial charge is 0.508 e. The maximum atomic E-state index is 12.7. The number of phenols is 1. The first-order valence-electron chi connectivity index (χ1n) is 16.3. The van der Waals surface area contributed by atoms with Gasteiger partial charge in [0.05, 0.1) is 19.5 Å². The Morgan fingerprint density at radius 2 is 1.75 bits per heavy atom. The number of ether oxygens (including phenoxy) is 1. The van der Waals surface area contributed by atoms with Gasteiger partial charge >= 0.3 is 23.5 Å². The lowest BCUT2D eigenvalue weighted by Gasteiger charge is -2.30. The maximum absolute atomic E-state index is 12.7. The number of rotatable bonds is 20. The monoisotopic (exact) mass is 887 g/mol. The highest BCUT2D eigenvalue weighted by Gasteiger charge is 2.50. The predicted molar refractivity (Wildman–Crippen MR) is 195 cm³/mol. The highest BCUT2D eigenvalue weighted by atomic mass is 32.2. The van der Waals surface area contributed by atoms with E-state index < -0.39 is 84.6 Å². The molecule has 1 saturated heterocycles.